The SMILES string of the molecule is O=C(c1ccc(N2CCCC2)nn1)N(Cc1ccsc1)C1CC12CCNCC2. The molecule has 0 radical (unpaired) electrons. The van der Waals surface area contributed by atoms with Crippen LogP contribution in [0.5, 0.6) is 0 Å². The molecule has 28 heavy (non-hydrogen) atoms. The number of anilines is 1. The molecular weight excluding hydrogens is 370 g/mol. The molecular formula is C21H27N5OS. The molecule has 3 aliphatic rings. The summed E-state index contributed by atoms with van der Waals surface area (Å²) in [4.78, 5) is 17.7. The Hall–Kier alpha value is -1.99. The molecule has 2 aromatic rings. The predicted octanol–water partition coefficient (Wildman–Crippen LogP) is 2.92. The van der Waals surface area contributed by atoms with E-state index in [-0.39, 0.29) is 5.91 Å². The molecule has 4 heterocycles. The summed E-state index contributed by atoms with van der Waals surface area (Å²) >= 11 is 1.68. The molecule has 1 saturated carbocycles. The van der Waals surface area contributed by atoms with Crippen molar-refractivity contribution in [3.05, 3.63) is 40.2 Å². The van der Waals surface area contributed by atoms with Crippen molar-refractivity contribution in [3.8, 4) is 0 Å². The fourth-order valence-corrected chi connectivity index (χ4v) is 5.49. The number of rotatable bonds is 5. The highest BCUT2D eigenvalue weighted by atomic mass is 32.1. The first-order valence-electron chi connectivity index (χ1n) is 10.4. The van der Waals surface area contributed by atoms with Gasteiger partial charge in [-0.1, -0.05) is 0 Å². The van der Waals surface area contributed by atoms with E-state index in [1.807, 2.05) is 12.1 Å². The van der Waals surface area contributed by atoms with E-state index >= 15 is 0 Å². The topological polar surface area (TPSA) is 61.4 Å². The fourth-order valence-electron chi connectivity index (χ4n) is 4.83. The molecule has 1 atom stereocenters. The summed E-state index contributed by atoms with van der Waals surface area (Å²) in [5.41, 5.74) is 1.98. The number of thiophene rings is 1. The lowest BCUT2D eigenvalue weighted by Gasteiger charge is -2.29. The number of amides is 1. The van der Waals surface area contributed by atoms with E-state index in [1.165, 1.54) is 18.4 Å². The summed E-state index contributed by atoms with van der Waals surface area (Å²) in [5.74, 6) is 0.909. The zero-order chi connectivity index (χ0) is 19.0. The normalized spacial score (nSPS) is 23.1. The molecule has 7 heteroatoms. The van der Waals surface area contributed by atoms with E-state index in [0.717, 1.165) is 51.3 Å². The van der Waals surface area contributed by atoms with Gasteiger partial charge in [-0.25, -0.2) is 0 Å². The molecule has 148 valence electrons. The number of nitrogens with zero attached hydrogens (tertiary/aromatic N) is 4. The van der Waals surface area contributed by atoms with Gasteiger partial charge in [0, 0.05) is 25.7 Å². The van der Waals surface area contributed by atoms with E-state index in [0.29, 0.717) is 23.7 Å². The quantitative estimate of drug-likeness (QED) is 0.841. The maximum absolute atomic E-state index is 13.4. The van der Waals surface area contributed by atoms with E-state index in [2.05, 4.69) is 42.1 Å². The number of carbonyl (C=O) groups is 1. The molecule has 5 rings (SSSR count). The molecule has 1 aliphatic carbocycles. The lowest BCUT2D eigenvalue weighted by molar-refractivity contribution is 0.0685. The average Bonchev–Trinajstić information content (AvgIpc) is 3.18. The van der Waals surface area contributed by atoms with Gasteiger partial charge in [0.05, 0.1) is 0 Å². The van der Waals surface area contributed by atoms with Crippen LogP contribution in [0.25, 0.3) is 0 Å². The molecule has 1 unspecified atom stereocenters. The molecule has 3 fully saturated rings. The molecule has 1 N–H and O–H groups in total. The van der Waals surface area contributed by atoms with Crippen molar-refractivity contribution in [2.24, 2.45) is 5.41 Å². The van der Waals surface area contributed by atoms with Crippen molar-refractivity contribution < 1.29 is 4.79 Å². The standard InChI is InChI=1S/C21H27N5OS/c27-20(17-3-4-19(24-23-17)25-10-1-2-11-25)26(14-16-5-12-28-15-16)18-13-21(18)6-8-22-9-7-21/h3-5,12,15,18,22H,1-2,6-11,13-14H2. The zero-order valence-corrected chi connectivity index (χ0v) is 17.0. The lowest BCUT2D eigenvalue weighted by atomic mass is 9.93. The molecule has 1 amide bonds. The molecule has 6 nitrogen and oxygen atoms in total. The number of nitrogens with one attached hydrogen (secondary N) is 1. The summed E-state index contributed by atoms with van der Waals surface area (Å²) in [7, 11) is 0. The van der Waals surface area contributed by atoms with E-state index < -0.39 is 0 Å². The first-order chi connectivity index (χ1) is 13.8. The number of hydrogen-bond acceptors (Lipinski definition) is 6. The van der Waals surface area contributed by atoms with Gasteiger partial charge in [-0.05, 0) is 85.1 Å². The van der Waals surface area contributed by atoms with E-state index in [1.54, 1.807) is 11.3 Å². The van der Waals surface area contributed by atoms with Gasteiger partial charge >= 0.3 is 0 Å². The number of carbonyl (C=O) groups excluding carboxylic acids is 1. The maximum Gasteiger partial charge on any atom is 0.274 e. The minimum Gasteiger partial charge on any atom is -0.355 e. The van der Waals surface area contributed by atoms with Crippen LogP contribution in [0, 0.1) is 5.41 Å². The molecule has 2 aliphatic heterocycles. The predicted molar refractivity (Wildman–Crippen MR) is 111 cm³/mol. The third-order valence-electron chi connectivity index (χ3n) is 6.62. The summed E-state index contributed by atoms with van der Waals surface area (Å²) in [5, 5.41) is 16.4. The molecule has 0 aromatic carbocycles. The number of piperidine rings is 1. The van der Waals surface area contributed by atoms with Gasteiger partial charge in [-0.15, -0.1) is 10.2 Å². The van der Waals surface area contributed by atoms with Crippen LogP contribution in [0.4, 0.5) is 5.82 Å². The Bertz CT molecular complexity index is 810. The van der Waals surface area contributed by atoms with Crippen LogP contribution in [-0.4, -0.2) is 53.2 Å². The van der Waals surface area contributed by atoms with Crippen LogP contribution >= 0.6 is 11.3 Å². The largest absolute Gasteiger partial charge is 0.355 e. The zero-order valence-electron chi connectivity index (χ0n) is 16.1. The van der Waals surface area contributed by atoms with Crippen LogP contribution in [0.1, 0.15) is 48.2 Å². The van der Waals surface area contributed by atoms with E-state index in [9.17, 15) is 4.79 Å². The third-order valence-corrected chi connectivity index (χ3v) is 7.35. The van der Waals surface area contributed by atoms with Crippen LogP contribution in [0.2, 0.25) is 0 Å². The van der Waals surface area contributed by atoms with Crippen molar-refractivity contribution in [2.75, 3.05) is 31.1 Å². The summed E-state index contributed by atoms with van der Waals surface area (Å²) in [6.45, 7) is 4.84. The fraction of sp³-hybridized carbons (Fsp3) is 0.571. The number of hydrogen-bond donors (Lipinski definition) is 1. The van der Waals surface area contributed by atoms with Gasteiger partial charge in [0.1, 0.15) is 0 Å². The van der Waals surface area contributed by atoms with Crippen LogP contribution < -0.4 is 10.2 Å². The first kappa shape index (κ1) is 18.1. The van der Waals surface area contributed by atoms with Gasteiger partial charge in [0.2, 0.25) is 0 Å². The number of aromatic nitrogens is 2. The summed E-state index contributed by atoms with van der Waals surface area (Å²) in [6, 6.07) is 6.26. The Kier molecular flexibility index (Phi) is 4.80. The van der Waals surface area contributed by atoms with Crippen molar-refractivity contribution >= 4 is 23.1 Å². The smallest absolute Gasteiger partial charge is 0.274 e. The highest BCUT2D eigenvalue weighted by Crippen LogP contribution is 2.56. The Balaban J connectivity index is 1.36. The highest BCUT2D eigenvalue weighted by Gasteiger charge is 2.57. The minimum absolute atomic E-state index is 0.0204. The van der Waals surface area contributed by atoms with Crippen molar-refractivity contribution in [1.82, 2.24) is 20.4 Å². The molecule has 1 spiro atoms. The second-order valence-electron chi connectivity index (χ2n) is 8.37. The van der Waals surface area contributed by atoms with Crippen molar-refractivity contribution in [3.63, 3.8) is 0 Å². The van der Waals surface area contributed by atoms with Gasteiger partial charge in [-0.2, -0.15) is 11.3 Å². The van der Waals surface area contributed by atoms with Gasteiger partial charge in [0.25, 0.3) is 5.91 Å². The molecule has 0 bridgehead atoms. The Morgan fingerprint density at radius 2 is 2.04 bits per heavy atom. The first-order valence-corrected chi connectivity index (χ1v) is 11.3. The second-order valence-corrected chi connectivity index (χ2v) is 9.15. The van der Waals surface area contributed by atoms with Gasteiger partial charge < -0.3 is 15.1 Å². The van der Waals surface area contributed by atoms with Gasteiger partial charge in [-0.3, -0.25) is 4.79 Å². The van der Waals surface area contributed by atoms with Gasteiger partial charge in [0.15, 0.2) is 11.5 Å². The Labute approximate surface area is 169 Å². The molecule has 2 aromatic heterocycles. The summed E-state index contributed by atoms with van der Waals surface area (Å²) in [6.07, 6.45) is 5.84. The summed E-state index contributed by atoms with van der Waals surface area (Å²) < 4.78 is 0. The van der Waals surface area contributed by atoms with Crippen LogP contribution in [0.15, 0.2) is 29.0 Å². The van der Waals surface area contributed by atoms with Crippen LogP contribution in [0.3, 0.4) is 0 Å². The van der Waals surface area contributed by atoms with Crippen LogP contribution in [-0.2, 0) is 6.54 Å². The van der Waals surface area contributed by atoms with E-state index in [4.69, 9.17) is 0 Å². The Morgan fingerprint density at radius 3 is 2.71 bits per heavy atom. The second kappa shape index (κ2) is 7.44. The highest BCUT2D eigenvalue weighted by molar-refractivity contribution is 7.07. The average molecular weight is 398 g/mol. The molecule has 2 saturated heterocycles. The monoisotopic (exact) mass is 397 g/mol. The Morgan fingerprint density at radius 1 is 1.21 bits per heavy atom. The van der Waals surface area contributed by atoms with Crippen molar-refractivity contribution in [2.45, 2.75) is 44.7 Å². The maximum atomic E-state index is 13.4. The lowest BCUT2D eigenvalue weighted by Crippen LogP contribution is -2.39. The third kappa shape index (κ3) is 3.42. The minimum atomic E-state index is 0.0204. The van der Waals surface area contributed by atoms with Crippen molar-refractivity contribution in [1.29, 1.82) is 0 Å².